The van der Waals surface area contributed by atoms with Gasteiger partial charge in [-0.3, -0.25) is 4.79 Å². The molecule has 2 atom stereocenters. The highest BCUT2D eigenvalue weighted by Gasteiger charge is 2.25. The highest BCUT2D eigenvalue weighted by atomic mass is 32.2. The van der Waals surface area contributed by atoms with E-state index in [2.05, 4.69) is 5.32 Å². The van der Waals surface area contributed by atoms with Crippen molar-refractivity contribution in [2.24, 2.45) is 0 Å². The SMILES string of the molecule is COc1cc(C(C(=O)O)c2ccc(C)c(NCOc3ccccc3S(=O)O)c2)cc(N)c1N. The molecular formula is C23H25N3O6S. The molecule has 174 valence electrons. The van der Waals surface area contributed by atoms with E-state index in [1.807, 2.05) is 6.92 Å². The first-order chi connectivity index (χ1) is 15.7. The Morgan fingerprint density at radius 2 is 1.82 bits per heavy atom. The number of aliphatic carboxylic acids is 1. The smallest absolute Gasteiger partial charge is 0.315 e. The molecule has 0 saturated heterocycles. The second-order valence-corrected chi connectivity index (χ2v) is 8.17. The normalized spacial score (nSPS) is 12.6. The minimum absolute atomic E-state index is 0.00110. The molecule has 0 radical (unpaired) electrons. The van der Waals surface area contributed by atoms with Crippen molar-refractivity contribution in [1.82, 2.24) is 0 Å². The third kappa shape index (κ3) is 5.36. The maximum atomic E-state index is 12.2. The molecule has 0 bridgehead atoms. The van der Waals surface area contributed by atoms with Crippen LogP contribution in [0.4, 0.5) is 17.1 Å². The van der Waals surface area contributed by atoms with Crippen LogP contribution in [0.5, 0.6) is 11.5 Å². The predicted octanol–water partition coefficient (Wildman–Crippen LogP) is 3.41. The van der Waals surface area contributed by atoms with Gasteiger partial charge in [0, 0.05) is 5.69 Å². The molecule has 3 rings (SSSR count). The van der Waals surface area contributed by atoms with Gasteiger partial charge in [0.15, 0.2) is 17.8 Å². The molecule has 0 heterocycles. The van der Waals surface area contributed by atoms with Gasteiger partial charge in [-0.1, -0.05) is 24.3 Å². The number of anilines is 3. The van der Waals surface area contributed by atoms with Crippen LogP contribution in [-0.4, -0.2) is 33.7 Å². The fourth-order valence-corrected chi connectivity index (χ4v) is 3.89. The van der Waals surface area contributed by atoms with Gasteiger partial charge in [0.25, 0.3) is 0 Å². The first kappa shape index (κ1) is 23.9. The van der Waals surface area contributed by atoms with Crippen LogP contribution in [0.2, 0.25) is 0 Å². The summed E-state index contributed by atoms with van der Waals surface area (Å²) in [5.74, 6) is -1.50. The van der Waals surface area contributed by atoms with Crippen LogP contribution in [0.3, 0.4) is 0 Å². The number of hydrogen-bond acceptors (Lipinski definition) is 7. The Morgan fingerprint density at radius 1 is 1.09 bits per heavy atom. The first-order valence-electron chi connectivity index (χ1n) is 9.85. The second kappa shape index (κ2) is 10.2. The van der Waals surface area contributed by atoms with Crippen LogP contribution < -0.4 is 26.3 Å². The topological polar surface area (TPSA) is 157 Å². The van der Waals surface area contributed by atoms with Gasteiger partial charge in [-0.15, -0.1) is 0 Å². The number of benzene rings is 3. The van der Waals surface area contributed by atoms with Crippen molar-refractivity contribution < 1.29 is 28.1 Å². The van der Waals surface area contributed by atoms with Crippen LogP contribution >= 0.6 is 0 Å². The lowest BCUT2D eigenvalue weighted by Crippen LogP contribution is -2.16. The summed E-state index contributed by atoms with van der Waals surface area (Å²) >= 11 is -2.18. The lowest BCUT2D eigenvalue weighted by molar-refractivity contribution is -0.137. The van der Waals surface area contributed by atoms with Crippen LogP contribution in [-0.2, 0) is 15.9 Å². The van der Waals surface area contributed by atoms with Crippen LogP contribution in [0, 0.1) is 6.92 Å². The number of carboxylic acid groups (broad SMARTS) is 1. The standard InChI is InChI=1S/C23H25N3O6S/c1-13-7-8-14(21(23(27)28)15-9-16(24)22(25)19(11-15)31-2)10-17(13)26-12-32-18-5-3-4-6-20(18)33(29)30/h3-11,21,26H,12,24-25H2,1-2H3,(H,27,28)(H,29,30). The molecule has 0 aromatic heterocycles. The third-order valence-electron chi connectivity index (χ3n) is 5.12. The molecule has 0 spiro atoms. The minimum Gasteiger partial charge on any atom is -0.495 e. The summed E-state index contributed by atoms with van der Waals surface area (Å²) in [5.41, 5.74) is 14.8. The van der Waals surface area contributed by atoms with E-state index < -0.39 is 23.0 Å². The third-order valence-corrected chi connectivity index (χ3v) is 5.83. The number of aryl methyl sites for hydroxylation is 1. The Balaban J connectivity index is 1.87. The summed E-state index contributed by atoms with van der Waals surface area (Å²) in [7, 11) is 1.43. The van der Waals surface area contributed by atoms with Crippen molar-refractivity contribution in [1.29, 1.82) is 0 Å². The van der Waals surface area contributed by atoms with Gasteiger partial charge >= 0.3 is 5.97 Å². The molecule has 0 aliphatic carbocycles. The average Bonchev–Trinajstić information content (AvgIpc) is 2.78. The molecule has 3 aromatic carbocycles. The van der Waals surface area contributed by atoms with Gasteiger partial charge in [-0.2, -0.15) is 0 Å². The van der Waals surface area contributed by atoms with E-state index in [1.165, 1.54) is 19.2 Å². The zero-order valence-corrected chi connectivity index (χ0v) is 18.9. The Morgan fingerprint density at radius 3 is 2.48 bits per heavy atom. The van der Waals surface area contributed by atoms with Crippen molar-refractivity contribution in [3.05, 3.63) is 71.3 Å². The Bertz CT molecular complexity index is 1200. The molecule has 0 fully saturated rings. The average molecular weight is 472 g/mol. The fourth-order valence-electron chi connectivity index (χ4n) is 3.40. The molecule has 9 nitrogen and oxygen atoms in total. The number of carboxylic acids is 1. The quantitative estimate of drug-likeness (QED) is 0.179. The molecule has 3 aromatic rings. The zero-order valence-electron chi connectivity index (χ0n) is 18.1. The van der Waals surface area contributed by atoms with Gasteiger partial charge in [0.1, 0.15) is 22.3 Å². The summed E-state index contributed by atoms with van der Waals surface area (Å²) in [4.78, 5) is 12.3. The number of nitrogens with two attached hydrogens (primary N) is 2. The summed E-state index contributed by atoms with van der Waals surface area (Å²) in [6, 6.07) is 14.8. The molecule has 2 unspecified atom stereocenters. The van der Waals surface area contributed by atoms with E-state index in [0.717, 1.165) is 5.56 Å². The van der Waals surface area contributed by atoms with E-state index in [1.54, 1.807) is 42.5 Å². The number of carbonyl (C=O) groups is 1. The van der Waals surface area contributed by atoms with Crippen molar-refractivity contribution >= 4 is 34.1 Å². The van der Waals surface area contributed by atoms with E-state index in [9.17, 15) is 18.7 Å². The highest BCUT2D eigenvalue weighted by molar-refractivity contribution is 7.79. The van der Waals surface area contributed by atoms with Crippen LogP contribution in [0.25, 0.3) is 0 Å². The van der Waals surface area contributed by atoms with E-state index in [4.69, 9.17) is 20.9 Å². The van der Waals surface area contributed by atoms with Crippen molar-refractivity contribution in [3.8, 4) is 11.5 Å². The number of nitrogens with one attached hydrogen (secondary N) is 1. The summed E-state index contributed by atoms with van der Waals surface area (Å²) in [6.07, 6.45) is 0. The first-order valence-corrected chi connectivity index (χ1v) is 11.0. The second-order valence-electron chi connectivity index (χ2n) is 7.23. The Hall–Kier alpha value is -3.76. The molecule has 10 heteroatoms. The Kier molecular flexibility index (Phi) is 7.41. The number of para-hydroxylation sites is 1. The number of ether oxygens (including phenoxy) is 2. The van der Waals surface area contributed by atoms with Gasteiger partial charge in [0.05, 0.1) is 18.5 Å². The van der Waals surface area contributed by atoms with Gasteiger partial charge < -0.3 is 35.9 Å². The number of nitrogen functional groups attached to an aromatic ring is 2. The van der Waals surface area contributed by atoms with Gasteiger partial charge in [-0.05, 0) is 53.9 Å². The fraction of sp³-hybridized carbons (Fsp3) is 0.174. The number of rotatable bonds is 9. The molecule has 0 saturated carbocycles. The number of hydrogen-bond donors (Lipinski definition) is 5. The molecule has 0 aliphatic heterocycles. The monoisotopic (exact) mass is 471 g/mol. The summed E-state index contributed by atoms with van der Waals surface area (Å²) < 4.78 is 31.7. The lowest BCUT2D eigenvalue weighted by atomic mass is 9.89. The molecule has 0 amide bonds. The largest absolute Gasteiger partial charge is 0.495 e. The lowest BCUT2D eigenvalue weighted by Gasteiger charge is -2.19. The van der Waals surface area contributed by atoms with Crippen molar-refractivity contribution in [2.75, 3.05) is 30.6 Å². The van der Waals surface area contributed by atoms with E-state index in [-0.39, 0.29) is 28.8 Å². The van der Waals surface area contributed by atoms with Crippen LogP contribution in [0.15, 0.2) is 59.5 Å². The molecule has 7 N–H and O–H groups in total. The minimum atomic E-state index is -2.18. The maximum Gasteiger partial charge on any atom is 0.315 e. The predicted molar refractivity (Wildman–Crippen MR) is 127 cm³/mol. The van der Waals surface area contributed by atoms with Crippen molar-refractivity contribution in [2.45, 2.75) is 17.7 Å². The summed E-state index contributed by atoms with van der Waals surface area (Å²) in [5, 5.41) is 13.1. The Labute approximate surface area is 193 Å². The zero-order chi connectivity index (χ0) is 24.1. The maximum absolute atomic E-state index is 12.2. The van der Waals surface area contributed by atoms with Crippen LogP contribution in [0.1, 0.15) is 22.6 Å². The molecule has 33 heavy (non-hydrogen) atoms. The van der Waals surface area contributed by atoms with Crippen molar-refractivity contribution in [3.63, 3.8) is 0 Å². The number of methoxy groups -OCH3 is 1. The highest BCUT2D eigenvalue weighted by Crippen LogP contribution is 2.36. The molecule has 0 aliphatic rings. The van der Waals surface area contributed by atoms with Gasteiger partial charge in [0.2, 0.25) is 0 Å². The van der Waals surface area contributed by atoms with Gasteiger partial charge in [-0.25, -0.2) is 4.21 Å². The molecular weight excluding hydrogens is 446 g/mol. The van der Waals surface area contributed by atoms with E-state index >= 15 is 0 Å². The summed E-state index contributed by atoms with van der Waals surface area (Å²) in [6.45, 7) is 1.86. The van der Waals surface area contributed by atoms with E-state index in [0.29, 0.717) is 22.6 Å².